The van der Waals surface area contributed by atoms with E-state index in [1.165, 1.54) is 0 Å². The summed E-state index contributed by atoms with van der Waals surface area (Å²) in [5, 5.41) is 0. The van der Waals surface area contributed by atoms with Gasteiger partial charge in [-0.25, -0.2) is 18.4 Å². The Morgan fingerprint density at radius 2 is 1.93 bits per heavy atom. The molecule has 0 aromatic carbocycles. The highest BCUT2D eigenvalue weighted by atomic mass is 32.2. The van der Waals surface area contributed by atoms with Gasteiger partial charge in [0, 0.05) is 19.9 Å². The lowest BCUT2D eigenvalue weighted by Crippen LogP contribution is -2.12. The molecule has 27 heavy (non-hydrogen) atoms. The van der Waals surface area contributed by atoms with Gasteiger partial charge in [0.1, 0.15) is 27.3 Å². The summed E-state index contributed by atoms with van der Waals surface area (Å²) in [6.45, 7) is 6.71. The second-order valence-corrected chi connectivity index (χ2v) is 9.39. The van der Waals surface area contributed by atoms with Gasteiger partial charge in [0.25, 0.3) is 0 Å². The summed E-state index contributed by atoms with van der Waals surface area (Å²) >= 11 is 0. The molecule has 0 spiro atoms. The molecule has 2 N–H and O–H groups in total. The van der Waals surface area contributed by atoms with Crippen molar-refractivity contribution < 1.29 is 13.2 Å². The predicted molar refractivity (Wildman–Crippen MR) is 110 cm³/mol. The van der Waals surface area contributed by atoms with E-state index in [1.807, 2.05) is 20.8 Å². The SMILES string of the molecule is CCCCS(=O)(=O)CCCCCn1c(C(C)OC)nc2c(N)ncc(C)c21. The molecule has 152 valence electrons. The van der Waals surface area contributed by atoms with Crippen LogP contribution < -0.4 is 5.73 Å². The number of nitrogens with zero attached hydrogens (tertiary/aromatic N) is 3. The molecule has 0 aliphatic rings. The van der Waals surface area contributed by atoms with Crippen LogP contribution in [0.15, 0.2) is 6.20 Å². The molecular weight excluding hydrogens is 364 g/mol. The van der Waals surface area contributed by atoms with E-state index in [2.05, 4.69) is 14.5 Å². The number of hydrogen-bond acceptors (Lipinski definition) is 6. The van der Waals surface area contributed by atoms with E-state index in [0.29, 0.717) is 23.5 Å². The Labute approximate surface area is 162 Å². The first kappa shape index (κ1) is 21.6. The topological polar surface area (TPSA) is 100 Å². The summed E-state index contributed by atoms with van der Waals surface area (Å²) in [4.78, 5) is 8.87. The number of aryl methyl sites for hydroxylation is 2. The first-order valence-corrected chi connectivity index (χ1v) is 11.5. The van der Waals surface area contributed by atoms with E-state index in [1.54, 1.807) is 13.3 Å². The molecule has 0 amide bonds. The molecule has 1 atom stereocenters. The lowest BCUT2D eigenvalue weighted by molar-refractivity contribution is 0.109. The molecular formula is C19H32N4O3S. The van der Waals surface area contributed by atoms with Gasteiger partial charge in [0.15, 0.2) is 5.82 Å². The monoisotopic (exact) mass is 396 g/mol. The highest BCUT2D eigenvalue weighted by Gasteiger charge is 2.19. The smallest absolute Gasteiger partial charge is 0.151 e. The summed E-state index contributed by atoms with van der Waals surface area (Å²) in [6, 6.07) is 0. The fourth-order valence-electron chi connectivity index (χ4n) is 3.21. The second-order valence-electron chi connectivity index (χ2n) is 7.09. The third-order valence-electron chi connectivity index (χ3n) is 4.87. The van der Waals surface area contributed by atoms with Crippen LogP contribution in [0.2, 0.25) is 0 Å². The maximum absolute atomic E-state index is 12.0. The van der Waals surface area contributed by atoms with E-state index in [9.17, 15) is 8.42 Å². The first-order valence-electron chi connectivity index (χ1n) is 9.65. The number of aromatic nitrogens is 3. The fourth-order valence-corrected chi connectivity index (χ4v) is 4.79. The zero-order chi connectivity index (χ0) is 20.0. The molecule has 2 heterocycles. The summed E-state index contributed by atoms with van der Waals surface area (Å²) < 4.78 is 31.5. The van der Waals surface area contributed by atoms with Crippen molar-refractivity contribution in [2.24, 2.45) is 0 Å². The molecule has 0 aliphatic heterocycles. The number of nitrogen functional groups attached to an aromatic ring is 1. The van der Waals surface area contributed by atoms with Gasteiger partial charge >= 0.3 is 0 Å². The Kier molecular flexibility index (Phi) is 7.61. The zero-order valence-electron chi connectivity index (χ0n) is 16.9. The first-order chi connectivity index (χ1) is 12.8. The largest absolute Gasteiger partial charge is 0.382 e. The van der Waals surface area contributed by atoms with Gasteiger partial charge in [-0.2, -0.15) is 0 Å². The Morgan fingerprint density at radius 1 is 1.22 bits per heavy atom. The molecule has 8 heteroatoms. The Balaban J connectivity index is 2.08. The van der Waals surface area contributed by atoms with Gasteiger partial charge in [0.05, 0.1) is 17.0 Å². The van der Waals surface area contributed by atoms with Gasteiger partial charge < -0.3 is 15.0 Å². The number of rotatable bonds is 11. The van der Waals surface area contributed by atoms with Crippen molar-refractivity contribution >= 4 is 26.7 Å². The van der Waals surface area contributed by atoms with Gasteiger partial charge in [-0.15, -0.1) is 0 Å². The summed E-state index contributed by atoms with van der Waals surface area (Å²) in [6.07, 6.45) is 5.67. The van der Waals surface area contributed by atoms with Crippen molar-refractivity contribution in [3.8, 4) is 0 Å². The minimum Gasteiger partial charge on any atom is -0.382 e. The molecule has 2 rings (SSSR count). The van der Waals surface area contributed by atoms with Crippen LogP contribution in [-0.2, 0) is 21.1 Å². The van der Waals surface area contributed by atoms with Gasteiger partial charge in [-0.05, 0) is 38.7 Å². The van der Waals surface area contributed by atoms with Crippen LogP contribution in [0.1, 0.15) is 63.4 Å². The van der Waals surface area contributed by atoms with Crippen LogP contribution in [0.4, 0.5) is 5.82 Å². The molecule has 2 aromatic rings. The van der Waals surface area contributed by atoms with Crippen LogP contribution in [0.3, 0.4) is 0 Å². The van der Waals surface area contributed by atoms with Crippen molar-refractivity contribution in [1.82, 2.24) is 14.5 Å². The Morgan fingerprint density at radius 3 is 2.59 bits per heavy atom. The lowest BCUT2D eigenvalue weighted by Gasteiger charge is -2.14. The minimum absolute atomic E-state index is 0.161. The highest BCUT2D eigenvalue weighted by Crippen LogP contribution is 2.28. The Hall–Kier alpha value is -1.67. The molecule has 0 aliphatic carbocycles. The molecule has 0 saturated carbocycles. The van der Waals surface area contributed by atoms with Crippen LogP contribution in [0.5, 0.6) is 0 Å². The Bertz CT molecular complexity index is 861. The minimum atomic E-state index is -2.91. The number of anilines is 1. The number of unbranched alkanes of at least 4 members (excludes halogenated alkanes) is 3. The number of imidazole rings is 1. The van der Waals surface area contributed by atoms with Crippen molar-refractivity contribution in [3.63, 3.8) is 0 Å². The van der Waals surface area contributed by atoms with E-state index in [4.69, 9.17) is 10.5 Å². The number of nitrogens with two attached hydrogens (primary N) is 1. The summed E-state index contributed by atoms with van der Waals surface area (Å²) in [5.74, 6) is 1.82. The zero-order valence-corrected chi connectivity index (χ0v) is 17.7. The normalized spacial score (nSPS) is 13.3. The number of fused-ring (bicyclic) bond motifs is 1. The standard InChI is InChI=1S/C19H32N4O3S/c1-5-6-11-27(24,25)12-9-7-8-10-23-17-14(2)13-21-18(20)16(17)22-19(23)15(3)26-4/h13,15H,5-12H2,1-4H3,(H2,20,21). The van der Waals surface area contributed by atoms with E-state index in [0.717, 1.165) is 49.1 Å². The van der Waals surface area contributed by atoms with Gasteiger partial charge in [0.2, 0.25) is 0 Å². The molecule has 1 unspecified atom stereocenters. The average molecular weight is 397 g/mol. The second kappa shape index (κ2) is 9.50. The van der Waals surface area contributed by atoms with Crippen molar-refractivity contribution in [2.45, 2.75) is 65.5 Å². The molecule has 0 fully saturated rings. The third kappa shape index (κ3) is 5.42. The quantitative estimate of drug-likeness (QED) is 0.584. The van der Waals surface area contributed by atoms with E-state index in [-0.39, 0.29) is 11.9 Å². The number of methoxy groups -OCH3 is 1. The molecule has 2 aromatic heterocycles. The number of pyridine rings is 1. The maximum atomic E-state index is 12.0. The summed E-state index contributed by atoms with van der Waals surface area (Å²) in [7, 11) is -1.26. The fraction of sp³-hybridized carbons (Fsp3) is 0.684. The molecule has 0 radical (unpaired) electrons. The van der Waals surface area contributed by atoms with Crippen LogP contribution >= 0.6 is 0 Å². The third-order valence-corrected chi connectivity index (χ3v) is 6.70. The van der Waals surface area contributed by atoms with Crippen molar-refractivity contribution in [2.75, 3.05) is 24.3 Å². The van der Waals surface area contributed by atoms with Crippen LogP contribution in [-0.4, -0.2) is 41.6 Å². The van der Waals surface area contributed by atoms with Gasteiger partial charge in [-0.1, -0.05) is 19.8 Å². The van der Waals surface area contributed by atoms with Gasteiger partial charge in [-0.3, -0.25) is 0 Å². The average Bonchev–Trinajstić information content (AvgIpc) is 3.03. The summed E-state index contributed by atoms with van der Waals surface area (Å²) in [5.41, 5.74) is 8.72. The maximum Gasteiger partial charge on any atom is 0.151 e. The van der Waals surface area contributed by atoms with Crippen molar-refractivity contribution in [3.05, 3.63) is 17.6 Å². The van der Waals surface area contributed by atoms with Crippen molar-refractivity contribution in [1.29, 1.82) is 0 Å². The molecule has 0 saturated heterocycles. The molecule has 0 bridgehead atoms. The van der Waals surface area contributed by atoms with E-state index >= 15 is 0 Å². The lowest BCUT2D eigenvalue weighted by atomic mass is 10.2. The van der Waals surface area contributed by atoms with E-state index < -0.39 is 9.84 Å². The molecule has 7 nitrogen and oxygen atoms in total. The van der Waals surface area contributed by atoms with Crippen LogP contribution in [0, 0.1) is 6.92 Å². The predicted octanol–water partition coefficient (Wildman–Crippen LogP) is 3.41. The number of ether oxygens (including phenoxy) is 1. The number of sulfone groups is 1. The number of hydrogen-bond donors (Lipinski definition) is 1. The van der Waals surface area contributed by atoms with Crippen LogP contribution in [0.25, 0.3) is 11.0 Å². The highest BCUT2D eigenvalue weighted by molar-refractivity contribution is 7.91.